The molecule has 23 heavy (non-hydrogen) atoms. The zero-order chi connectivity index (χ0) is 17.2. The van der Waals surface area contributed by atoms with Crippen molar-refractivity contribution < 1.29 is 14.2 Å². The molecular formula is C20H34O3. The minimum absolute atomic E-state index is 0.621. The molecule has 0 fully saturated rings. The highest BCUT2D eigenvalue weighted by Crippen LogP contribution is 2.13. The van der Waals surface area contributed by atoms with Crippen LogP contribution in [0.15, 0.2) is 36.9 Å². The third kappa shape index (κ3) is 14.0. The standard InChI is InChI=1S/C12H18O.C8H16O2/c1-3-5-6-11-7-9-12(10-8-11)13-4-2;1-3-5-9-7-8-10-6-4-2/h7-10H,3-6H2,1-2H3;3H,1,4-8H2,2H3. The summed E-state index contributed by atoms with van der Waals surface area (Å²) >= 11 is 0. The van der Waals surface area contributed by atoms with E-state index < -0.39 is 0 Å². The fraction of sp³-hybridized carbons (Fsp3) is 0.600. The summed E-state index contributed by atoms with van der Waals surface area (Å²) < 4.78 is 15.6. The Balaban J connectivity index is 0.000000438. The molecule has 0 amide bonds. The van der Waals surface area contributed by atoms with Gasteiger partial charge in [-0.05, 0) is 43.9 Å². The Hall–Kier alpha value is -1.32. The highest BCUT2D eigenvalue weighted by molar-refractivity contribution is 5.27. The van der Waals surface area contributed by atoms with Crippen molar-refractivity contribution in [3.05, 3.63) is 42.5 Å². The van der Waals surface area contributed by atoms with Gasteiger partial charge in [-0.15, -0.1) is 6.58 Å². The first-order valence-corrected chi connectivity index (χ1v) is 8.76. The first-order valence-electron chi connectivity index (χ1n) is 8.76. The Bertz CT molecular complexity index is 360. The van der Waals surface area contributed by atoms with Gasteiger partial charge in [0.05, 0.1) is 26.4 Å². The van der Waals surface area contributed by atoms with Gasteiger partial charge in [0.2, 0.25) is 0 Å². The molecule has 0 bridgehead atoms. The molecule has 0 aliphatic rings. The van der Waals surface area contributed by atoms with Gasteiger partial charge in [0.1, 0.15) is 5.75 Å². The smallest absolute Gasteiger partial charge is 0.119 e. The summed E-state index contributed by atoms with van der Waals surface area (Å²) in [5, 5.41) is 0. The van der Waals surface area contributed by atoms with Gasteiger partial charge in [0.25, 0.3) is 0 Å². The van der Waals surface area contributed by atoms with Crippen LogP contribution in [-0.4, -0.2) is 33.0 Å². The summed E-state index contributed by atoms with van der Waals surface area (Å²) in [6.07, 6.45) is 6.52. The first kappa shape index (κ1) is 21.7. The molecule has 0 aliphatic heterocycles. The summed E-state index contributed by atoms with van der Waals surface area (Å²) in [5.74, 6) is 0.975. The van der Waals surface area contributed by atoms with Gasteiger partial charge in [0, 0.05) is 6.61 Å². The van der Waals surface area contributed by atoms with Crippen molar-refractivity contribution in [3.63, 3.8) is 0 Å². The molecule has 0 aromatic heterocycles. The molecule has 0 saturated heterocycles. The maximum absolute atomic E-state index is 5.37. The van der Waals surface area contributed by atoms with E-state index in [1.807, 2.05) is 6.92 Å². The Morgan fingerprint density at radius 3 is 2.17 bits per heavy atom. The van der Waals surface area contributed by atoms with Crippen molar-refractivity contribution in [2.75, 3.05) is 33.0 Å². The van der Waals surface area contributed by atoms with E-state index in [-0.39, 0.29) is 0 Å². The lowest BCUT2D eigenvalue weighted by Gasteiger charge is -2.04. The molecule has 0 unspecified atom stereocenters. The van der Waals surface area contributed by atoms with Crippen LogP contribution in [0.5, 0.6) is 5.75 Å². The second-order valence-corrected chi connectivity index (χ2v) is 5.16. The predicted molar refractivity (Wildman–Crippen MR) is 98.3 cm³/mol. The lowest BCUT2D eigenvalue weighted by Crippen LogP contribution is -2.04. The summed E-state index contributed by atoms with van der Waals surface area (Å²) in [6.45, 7) is 13.4. The molecule has 1 aromatic carbocycles. The van der Waals surface area contributed by atoms with Gasteiger partial charge in [-0.2, -0.15) is 0 Å². The first-order chi connectivity index (χ1) is 11.3. The minimum Gasteiger partial charge on any atom is -0.494 e. The van der Waals surface area contributed by atoms with Crippen LogP contribution in [0.2, 0.25) is 0 Å². The van der Waals surface area contributed by atoms with E-state index in [2.05, 4.69) is 44.7 Å². The molecule has 1 rings (SSSR count). The highest BCUT2D eigenvalue weighted by atomic mass is 16.5. The lowest BCUT2D eigenvalue weighted by atomic mass is 10.1. The summed E-state index contributed by atoms with van der Waals surface area (Å²) in [7, 11) is 0. The van der Waals surface area contributed by atoms with E-state index in [4.69, 9.17) is 14.2 Å². The maximum Gasteiger partial charge on any atom is 0.119 e. The zero-order valence-electron chi connectivity index (χ0n) is 15.2. The Labute approximate surface area is 142 Å². The quantitative estimate of drug-likeness (QED) is 0.398. The van der Waals surface area contributed by atoms with Crippen LogP contribution in [-0.2, 0) is 15.9 Å². The van der Waals surface area contributed by atoms with Crippen LogP contribution >= 0.6 is 0 Å². The van der Waals surface area contributed by atoms with Crippen LogP contribution in [0.25, 0.3) is 0 Å². The molecule has 132 valence electrons. The fourth-order valence-electron chi connectivity index (χ4n) is 1.83. The highest BCUT2D eigenvalue weighted by Gasteiger charge is 1.93. The second kappa shape index (κ2) is 17.0. The summed E-state index contributed by atoms with van der Waals surface area (Å²) in [4.78, 5) is 0. The number of ether oxygens (including phenoxy) is 3. The Morgan fingerprint density at radius 1 is 0.913 bits per heavy atom. The van der Waals surface area contributed by atoms with Crippen LogP contribution < -0.4 is 4.74 Å². The van der Waals surface area contributed by atoms with Crippen LogP contribution in [0.3, 0.4) is 0 Å². The second-order valence-electron chi connectivity index (χ2n) is 5.16. The molecule has 0 radical (unpaired) electrons. The van der Waals surface area contributed by atoms with Gasteiger partial charge < -0.3 is 14.2 Å². The zero-order valence-corrected chi connectivity index (χ0v) is 15.2. The largest absolute Gasteiger partial charge is 0.494 e. The lowest BCUT2D eigenvalue weighted by molar-refractivity contribution is 0.0588. The number of hydrogen-bond acceptors (Lipinski definition) is 3. The van der Waals surface area contributed by atoms with Gasteiger partial charge in [0.15, 0.2) is 0 Å². The average molecular weight is 322 g/mol. The number of unbranched alkanes of at least 4 members (excludes halogenated alkanes) is 1. The number of benzene rings is 1. The normalized spacial score (nSPS) is 9.87. The van der Waals surface area contributed by atoms with E-state index in [1.165, 1.54) is 24.8 Å². The van der Waals surface area contributed by atoms with Gasteiger partial charge in [-0.3, -0.25) is 0 Å². The van der Waals surface area contributed by atoms with Crippen molar-refractivity contribution in [2.45, 2.75) is 46.5 Å². The average Bonchev–Trinajstić information content (AvgIpc) is 2.58. The van der Waals surface area contributed by atoms with E-state index in [0.29, 0.717) is 19.8 Å². The van der Waals surface area contributed by atoms with Crippen LogP contribution in [0, 0.1) is 0 Å². The number of rotatable bonds is 12. The molecule has 3 heteroatoms. The van der Waals surface area contributed by atoms with Crippen LogP contribution in [0.1, 0.15) is 45.6 Å². The number of hydrogen-bond donors (Lipinski definition) is 0. The molecule has 0 saturated carbocycles. The van der Waals surface area contributed by atoms with Gasteiger partial charge in [-0.25, -0.2) is 0 Å². The van der Waals surface area contributed by atoms with Crippen molar-refractivity contribution >= 4 is 0 Å². The van der Waals surface area contributed by atoms with Gasteiger partial charge in [-0.1, -0.05) is 38.5 Å². The van der Waals surface area contributed by atoms with E-state index in [1.54, 1.807) is 6.08 Å². The molecule has 3 nitrogen and oxygen atoms in total. The summed E-state index contributed by atoms with van der Waals surface area (Å²) in [6, 6.07) is 8.41. The van der Waals surface area contributed by atoms with Crippen molar-refractivity contribution in [2.24, 2.45) is 0 Å². The topological polar surface area (TPSA) is 27.7 Å². The molecule has 1 aromatic rings. The number of aryl methyl sites for hydroxylation is 1. The molecule has 0 heterocycles. The van der Waals surface area contributed by atoms with E-state index in [0.717, 1.165) is 25.4 Å². The van der Waals surface area contributed by atoms with Crippen LogP contribution in [0.4, 0.5) is 0 Å². The molecule has 0 spiro atoms. The third-order valence-electron chi connectivity index (χ3n) is 3.01. The van der Waals surface area contributed by atoms with Gasteiger partial charge >= 0.3 is 0 Å². The monoisotopic (exact) mass is 322 g/mol. The Morgan fingerprint density at radius 2 is 1.61 bits per heavy atom. The van der Waals surface area contributed by atoms with E-state index in [9.17, 15) is 0 Å². The van der Waals surface area contributed by atoms with E-state index >= 15 is 0 Å². The van der Waals surface area contributed by atoms with Crippen molar-refractivity contribution in [1.82, 2.24) is 0 Å². The predicted octanol–water partition coefficient (Wildman–Crippen LogP) is 5.04. The SMILES string of the molecule is C=CCOCCOCCC.CCCCc1ccc(OCC)cc1. The maximum atomic E-state index is 5.37. The third-order valence-corrected chi connectivity index (χ3v) is 3.01. The Kier molecular flexibility index (Phi) is 16.1. The molecule has 0 aliphatic carbocycles. The molecule has 0 N–H and O–H groups in total. The summed E-state index contributed by atoms with van der Waals surface area (Å²) in [5.41, 5.74) is 1.41. The van der Waals surface area contributed by atoms with Crippen molar-refractivity contribution in [1.29, 1.82) is 0 Å². The fourth-order valence-corrected chi connectivity index (χ4v) is 1.83. The minimum atomic E-state index is 0.621. The molecule has 0 atom stereocenters. The molecular weight excluding hydrogens is 288 g/mol. The van der Waals surface area contributed by atoms with Crippen molar-refractivity contribution in [3.8, 4) is 5.75 Å².